The summed E-state index contributed by atoms with van der Waals surface area (Å²) in [4.78, 5) is 14.7. The molecule has 84 valence electrons. The third-order valence-corrected chi connectivity index (χ3v) is 3.82. The second-order valence-electron chi connectivity index (χ2n) is 4.89. The standard InChI is InChI=1S/C13H16N2O/c1-15-8-6-13(7-9-15)12(16)10-4-2-3-5-11(10)14-13/h2-5,14H,6-9H2,1H3. The van der Waals surface area contributed by atoms with Crippen molar-refractivity contribution in [2.75, 3.05) is 25.5 Å². The zero-order valence-corrected chi connectivity index (χ0v) is 9.49. The Kier molecular flexibility index (Phi) is 2.04. The van der Waals surface area contributed by atoms with E-state index in [1.807, 2.05) is 24.3 Å². The Morgan fingerprint density at radius 1 is 1.25 bits per heavy atom. The quantitative estimate of drug-likeness (QED) is 0.717. The van der Waals surface area contributed by atoms with Gasteiger partial charge in [-0.1, -0.05) is 12.1 Å². The first-order valence-corrected chi connectivity index (χ1v) is 5.82. The summed E-state index contributed by atoms with van der Waals surface area (Å²) in [5, 5.41) is 3.44. The van der Waals surface area contributed by atoms with E-state index in [0.717, 1.165) is 37.2 Å². The van der Waals surface area contributed by atoms with Crippen LogP contribution in [-0.2, 0) is 0 Å². The number of nitrogens with one attached hydrogen (secondary N) is 1. The molecule has 1 aromatic rings. The third kappa shape index (κ3) is 1.28. The molecule has 2 aliphatic heterocycles. The van der Waals surface area contributed by atoms with Gasteiger partial charge >= 0.3 is 0 Å². The Hall–Kier alpha value is -1.35. The van der Waals surface area contributed by atoms with Crippen molar-refractivity contribution < 1.29 is 4.79 Å². The maximum absolute atomic E-state index is 12.4. The smallest absolute Gasteiger partial charge is 0.190 e. The summed E-state index contributed by atoms with van der Waals surface area (Å²) in [5.41, 5.74) is 1.57. The first kappa shape index (κ1) is 9.85. The van der Waals surface area contributed by atoms with Crippen LogP contribution in [0.2, 0.25) is 0 Å². The Morgan fingerprint density at radius 3 is 2.62 bits per heavy atom. The highest BCUT2D eigenvalue weighted by Crippen LogP contribution is 2.38. The highest BCUT2D eigenvalue weighted by atomic mass is 16.1. The molecule has 16 heavy (non-hydrogen) atoms. The number of hydrogen-bond donors (Lipinski definition) is 1. The highest BCUT2D eigenvalue weighted by molar-refractivity contribution is 6.13. The number of ketones is 1. The third-order valence-electron chi connectivity index (χ3n) is 3.82. The zero-order chi connectivity index (χ0) is 11.2. The lowest BCUT2D eigenvalue weighted by Gasteiger charge is -2.36. The van der Waals surface area contributed by atoms with Gasteiger partial charge in [-0.15, -0.1) is 0 Å². The highest BCUT2D eigenvalue weighted by Gasteiger charge is 2.46. The van der Waals surface area contributed by atoms with Crippen LogP contribution in [0.1, 0.15) is 23.2 Å². The number of likely N-dealkylation sites (tertiary alicyclic amines) is 1. The minimum absolute atomic E-state index is 0.288. The molecule has 1 fully saturated rings. The number of hydrogen-bond acceptors (Lipinski definition) is 3. The van der Waals surface area contributed by atoms with Crippen LogP contribution in [0.15, 0.2) is 24.3 Å². The molecule has 1 saturated heterocycles. The van der Waals surface area contributed by atoms with Gasteiger partial charge in [-0.2, -0.15) is 0 Å². The summed E-state index contributed by atoms with van der Waals surface area (Å²) in [6, 6.07) is 7.84. The SMILES string of the molecule is CN1CCC2(CC1)Nc1ccccc1C2=O. The lowest BCUT2D eigenvalue weighted by Crippen LogP contribution is -2.50. The van der Waals surface area contributed by atoms with Crippen molar-refractivity contribution in [2.45, 2.75) is 18.4 Å². The first-order valence-electron chi connectivity index (χ1n) is 5.82. The van der Waals surface area contributed by atoms with Gasteiger partial charge < -0.3 is 10.2 Å². The summed E-state index contributed by atoms with van der Waals surface area (Å²) in [7, 11) is 2.11. The van der Waals surface area contributed by atoms with Gasteiger partial charge in [-0.3, -0.25) is 4.79 Å². The van der Waals surface area contributed by atoms with Crippen molar-refractivity contribution in [2.24, 2.45) is 0 Å². The number of para-hydroxylation sites is 1. The fraction of sp³-hybridized carbons (Fsp3) is 0.462. The van der Waals surface area contributed by atoms with Crippen LogP contribution in [0, 0.1) is 0 Å². The normalized spacial score (nSPS) is 23.2. The van der Waals surface area contributed by atoms with Crippen LogP contribution in [-0.4, -0.2) is 36.4 Å². The van der Waals surface area contributed by atoms with E-state index in [1.165, 1.54) is 0 Å². The zero-order valence-electron chi connectivity index (χ0n) is 9.49. The second-order valence-corrected chi connectivity index (χ2v) is 4.89. The van der Waals surface area contributed by atoms with Crippen molar-refractivity contribution in [1.29, 1.82) is 0 Å². The van der Waals surface area contributed by atoms with Gasteiger partial charge in [0.25, 0.3) is 0 Å². The largest absolute Gasteiger partial charge is 0.372 e. The molecule has 0 aromatic heterocycles. The summed E-state index contributed by atoms with van der Waals surface area (Å²) in [6.45, 7) is 1.99. The van der Waals surface area contributed by atoms with Crippen LogP contribution in [0.25, 0.3) is 0 Å². The second kappa shape index (κ2) is 3.32. The number of carbonyl (C=O) groups is 1. The molecule has 3 nitrogen and oxygen atoms in total. The molecule has 2 heterocycles. The summed E-state index contributed by atoms with van der Waals surface area (Å²) < 4.78 is 0. The summed E-state index contributed by atoms with van der Waals surface area (Å²) in [6.07, 6.45) is 1.83. The van der Waals surface area contributed by atoms with Gasteiger partial charge in [0.1, 0.15) is 5.54 Å². The maximum atomic E-state index is 12.4. The maximum Gasteiger partial charge on any atom is 0.190 e. The summed E-state index contributed by atoms with van der Waals surface area (Å²) >= 11 is 0. The van der Waals surface area contributed by atoms with Crippen molar-refractivity contribution >= 4 is 11.5 Å². The minimum atomic E-state index is -0.309. The van der Waals surface area contributed by atoms with E-state index in [4.69, 9.17) is 0 Å². The van der Waals surface area contributed by atoms with Gasteiger partial charge in [0.2, 0.25) is 0 Å². The molecule has 3 heteroatoms. The first-order chi connectivity index (χ1) is 7.71. The number of Topliss-reactive ketones (excluding diaryl/α,β-unsaturated/α-hetero) is 1. The Balaban J connectivity index is 1.94. The van der Waals surface area contributed by atoms with Crippen molar-refractivity contribution in [3.63, 3.8) is 0 Å². The summed E-state index contributed by atoms with van der Waals surface area (Å²) in [5.74, 6) is 0.288. The molecule has 3 rings (SSSR count). The van der Waals surface area contributed by atoms with Crippen molar-refractivity contribution in [3.05, 3.63) is 29.8 Å². The van der Waals surface area contributed by atoms with E-state index in [-0.39, 0.29) is 11.3 Å². The van der Waals surface area contributed by atoms with Crippen LogP contribution < -0.4 is 5.32 Å². The number of nitrogens with zero attached hydrogens (tertiary/aromatic N) is 1. The molecule has 0 aliphatic carbocycles. The average Bonchev–Trinajstić information content (AvgIpc) is 2.58. The molecule has 0 unspecified atom stereocenters. The lowest BCUT2D eigenvalue weighted by molar-refractivity contribution is 0.0850. The van der Waals surface area contributed by atoms with Gasteiger partial charge in [0.05, 0.1) is 0 Å². The van der Waals surface area contributed by atoms with Crippen molar-refractivity contribution in [3.8, 4) is 0 Å². The molecule has 0 amide bonds. The molecule has 0 bridgehead atoms. The lowest BCUT2D eigenvalue weighted by atomic mass is 9.84. The van der Waals surface area contributed by atoms with Crippen LogP contribution in [0.5, 0.6) is 0 Å². The minimum Gasteiger partial charge on any atom is -0.372 e. The molecular weight excluding hydrogens is 200 g/mol. The molecule has 1 aromatic carbocycles. The Bertz CT molecular complexity index is 433. The number of benzene rings is 1. The Morgan fingerprint density at radius 2 is 1.94 bits per heavy atom. The fourth-order valence-electron chi connectivity index (χ4n) is 2.71. The average molecular weight is 216 g/mol. The van der Waals surface area contributed by atoms with Crippen molar-refractivity contribution in [1.82, 2.24) is 4.90 Å². The molecule has 1 spiro atoms. The topological polar surface area (TPSA) is 32.3 Å². The molecular formula is C13H16N2O. The van der Waals surface area contributed by atoms with Crippen LogP contribution in [0.4, 0.5) is 5.69 Å². The van der Waals surface area contributed by atoms with Gasteiger partial charge in [0, 0.05) is 24.3 Å². The van der Waals surface area contributed by atoms with Gasteiger partial charge in [-0.05, 0) is 32.0 Å². The monoisotopic (exact) mass is 216 g/mol. The number of fused-ring (bicyclic) bond motifs is 1. The Labute approximate surface area is 95.4 Å². The number of piperidine rings is 1. The molecule has 1 N–H and O–H groups in total. The van der Waals surface area contributed by atoms with E-state index in [9.17, 15) is 4.79 Å². The number of carbonyl (C=O) groups excluding carboxylic acids is 1. The van der Waals surface area contributed by atoms with E-state index in [0.29, 0.717) is 0 Å². The predicted molar refractivity (Wildman–Crippen MR) is 63.9 cm³/mol. The van der Waals surface area contributed by atoms with Gasteiger partial charge in [0.15, 0.2) is 5.78 Å². The van der Waals surface area contributed by atoms with Gasteiger partial charge in [-0.25, -0.2) is 0 Å². The molecule has 0 saturated carbocycles. The van der Waals surface area contributed by atoms with E-state index < -0.39 is 0 Å². The molecule has 0 atom stereocenters. The van der Waals surface area contributed by atoms with E-state index in [2.05, 4.69) is 17.3 Å². The molecule has 2 aliphatic rings. The van der Waals surface area contributed by atoms with E-state index in [1.54, 1.807) is 0 Å². The number of anilines is 1. The molecule has 0 radical (unpaired) electrons. The fourth-order valence-corrected chi connectivity index (χ4v) is 2.71. The van der Waals surface area contributed by atoms with E-state index >= 15 is 0 Å². The number of rotatable bonds is 0. The predicted octanol–water partition coefficient (Wildman–Crippen LogP) is 1.76. The van der Waals surface area contributed by atoms with Crippen LogP contribution >= 0.6 is 0 Å². The van der Waals surface area contributed by atoms with Crippen LogP contribution in [0.3, 0.4) is 0 Å².